The molecule has 5 nitrogen and oxygen atoms in total. The van der Waals surface area contributed by atoms with Crippen LogP contribution in [0.25, 0.3) is 0 Å². The molecular formula is C12H18N4O. The molecule has 2 heterocycles. The Labute approximate surface area is 100 Å². The van der Waals surface area contributed by atoms with Crippen molar-refractivity contribution < 1.29 is 4.79 Å². The van der Waals surface area contributed by atoms with Crippen molar-refractivity contribution in [1.29, 1.82) is 0 Å². The quantitative estimate of drug-likeness (QED) is 0.815. The summed E-state index contributed by atoms with van der Waals surface area (Å²) >= 11 is 0. The van der Waals surface area contributed by atoms with Crippen LogP contribution in [0.1, 0.15) is 48.6 Å². The Balaban J connectivity index is 1.92. The largest absolute Gasteiger partial charge is 0.370 e. The zero-order valence-corrected chi connectivity index (χ0v) is 9.85. The normalized spacial score (nSPS) is 24.4. The van der Waals surface area contributed by atoms with E-state index in [0.29, 0.717) is 11.7 Å². The molecule has 3 rings (SSSR count). The Kier molecular flexibility index (Phi) is 2.53. The lowest BCUT2D eigenvalue weighted by molar-refractivity contribution is 0.0994. The number of amides is 1. The van der Waals surface area contributed by atoms with Crippen LogP contribution in [-0.2, 0) is 0 Å². The first-order valence-electron chi connectivity index (χ1n) is 6.39. The number of primary amides is 1. The number of hydrogen-bond acceptors (Lipinski definition) is 3. The molecule has 0 bridgehead atoms. The highest BCUT2D eigenvalue weighted by Gasteiger charge is 2.31. The van der Waals surface area contributed by atoms with Crippen LogP contribution in [-0.4, -0.2) is 22.2 Å². The van der Waals surface area contributed by atoms with E-state index in [1.165, 1.54) is 25.7 Å². The van der Waals surface area contributed by atoms with E-state index in [4.69, 9.17) is 5.73 Å². The molecular weight excluding hydrogens is 216 g/mol. The van der Waals surface area contributed by atoms with Crippen molar-refractivity contribution in [3.63, 3.8) is 0 Å². The van der Waals surface area contributed by atoms with Crippen LogP contribution in [0.4, 0.5) is 5.82 Å². The van der Waals surface area contributed by atoms with Gasteiger partial charge in [0.15, 0.2) is 5.69 Å². The number of fused-ring (bicyclic) bond motifs is 1. The van der Waals surface area contributed by atoms with Crippen molar-refractivity contribution in [2.45, 2.75) is 38.1 Å². The minimum absolute atomic E-state index is 0.373. The second-order valence-corrected chi connectivity index (χ2v) is 5.05. The van der Waals surface area contributed by atoms with Crippen molar-refractivity contribution in [2.24, 2.45) is 11.7 Å². The number of carbonyl (C=O) groups excluding carboxylic acids is 1. The summed E-state index contributed by atoms with van der Waals surface area (Å²) in [5, 5.41) is 7.64. The van der Waals surface area contributed by atoms with E-state index in [9.17, 15) is 4.79 Å². The molecule has 1 fully saturated rings. The summed E-state index contributed by atoms with van der Waals surface area (Å²) in [6.45, 7) is 0.963. The summed E-state index contributed by atoms with van der Waals surface area (Å²) in [6, 6.07) is 2.21. The van der Waals surface area contributed by atoms with Gasteiger partial charge in [0.1, 0.15) is 5.82 Å². The highest BCUT2D eigenvalue weighted by molar-refractivity contribution is 5.91. The summed E-state index contributed by atoms with van der Waals surface area (Å²) in [7, 11) is 0. The van der Waals surface area contributed by atoms with Crippen LogP contribution in [0.15, 0.2) is 6.07 Å². The fourth-order valence-corrected chi connectivity index (χ4v) is 3.15. The molecule has 1 aliphatic carbocycles. The molecule has 1 aliphatic heterocycles. The molecule has 1 amide bonds. The fraction of sp³-hybridized carbons (Fsp3) is 0.667. The van der Waals surface area contributed by atoms with Crippen LogP contribution in [0.5, 0.6) is 0 Å². The Hall–Kier alpha value is -1.52. The van der Waals surface area contributed by atoms with Crippen molar-refractivity contribution >= 4 is 11.7 Å². The molecule has 1 aromatic rings. The molecule has 0 aromatic carbocycles. The predicted molar refractivity (Wildman–Crippen MR) is 64.8 cm³/mol. The molecule has 0 radical (unpaired) electrons. The van der Waals surface area contributed by atoms with Crippen molar-refractivity contribution in [2.75, 3.05) is 11.9 Å². The molecule has 1 atom stereocenters. The lowest BCUT2D eigenvalue weighted by Gasteiger charge is -2.30. The van der Waals surface area contributed by atoms with Crippen molar-refractivity contribution in [1.82, 2.24) is 9.78 Å². The molecule has 1 unspecified atom stereocenters. The number of carbonyl (C=O) groups is 1. The first-order valence-corrected chi connectivity index (χ1v) is 6.39. The Morgan fingerprint density at radius 2 is 2.18 bits per heavy atom. The summed E-state index contributed by atoms with van der Waals surface area (Å²) < 4.78 is 1.99. The van der Waals surface area contributed by atoms with E-state index in [1.54, 1.807) is 6.07 Å². The van der Waals surface area contributed by atoms with Gasteiger partial charge < -0.3 is 11.1 Å². The maximum atomic E-state index is 11.2. The summed E-state index contributed by atoms with van der Waals surface area (Å²) in [5.41, 5.74) is 5.65. The van der Waals surface area contributed by atoms with Crippen LogP contribution in [0.3, 0.4) is 0 Å². The number of nitrogens with one attached hydrogen (secondary N) is 1. The second kappa shape index (κ2) is 4.05. The first-order chi connectivity index (χ1) is 8.25. The first kappa shape index (κ1) is 10.6. The Morgan fingerprint density at radius 1 is 1.41 bits per heavy atom. The third-order valence-electron chi connectivity index (χ3n) is 3.99. The van der Waals surface area contributed by atoms with E-state index < -0.39 is 5.91 Å². The second-order valence-electron chi connectivity index (χ2n) is 5.05. The third-order valence-corrected chi connectivity index (χ3v) is 3.99. The molecule has 0 spiro atoms. The van der Waals surface area contributed by atoms with E-state index >= 15 is 0 Å². The van der Waals surface area contributed by atoms with Crippen LogP contribution in [0.2, 0.25) is 0 Å². The van der Waals surface area contributed by atoms with Crippen molar-refractivity contribution in [3.8, 4) is 0 Å². The van der Waals surface area contributed by atoms with Gasteiger partial charge in [0.25, 0.3) is 5.91 Å². The monoisotopic (exact) mass is 234 g/mol. The van der Waals surface area contributed by atoms with Crippen LogP contribution >= 0.6 is 0 Å². The molecule has 1 aromatic heterocycles. The molecule has 17 heavy (non-hydrogen) atoms. The highest BCUT2D eigenvalue weighted by Crippen LogP contribution is 2.39. The third kappa shape index (κ3) is 1.79. The minimum atomic E-state index is -0.445. The Bertz CT molecular complexity index is 434. The average Bonchev–Trinajstić information content (AvgIpc) is 2.97. The molecule has 3 N–H and O–H groups in total. The van der Waals surface area contributed by atoms with Gasteiger partial charge in [-0.25, -0.2) is 4.68 Å². The zero-order chi connectivity index (χ0) is 11.8. The van der Waals surface area contributed by atoms with E-state index in [2.05, 4.69) is 10.4 Å². The predicted octanol–water partition coefficient (Wildman–Crippen LogP) is 1.53. The van der Waals surface area contributed by atoms with Gasteiger partial charge in [0, 0.05) is 12.6 Å². The zero-order valence-electron chi connectivity index (χ0n) is 9.85. The lowest BCUT2D eigenvalue weighted by atomic mass is 9.94. The standard InChI is InChI=1S/C12H18N4O/c13-12(17)9-7-11-14-6-5-10(16(11)15-9)8-3-1-2-4-8/h7-8,10,14H,1-6H2,(H2,13,17). The van der Waals surface area contributed by atoms with Gasteiger partial charge >= 0.3 is 0 Å². The topological polar surface area (TPSA) is 72.9 Å². The van der Waals surface area contributed by atoms with Gasteiger partial charge in [-0.1, -0.05) is 12.8 Å². The fourth-order valence-electron chi connectivity index (χ4n) is 3.15. The summed E-state index contributed by atoms with van der Waals surface area (Å²) in [5.74, 6) is 1.22. The van der Waals surface area contributed by atoms with Gasteiger partial charge in [0.2, 0.25) is 0 Å². The number of aromatic nitrogens is 2. The van der Waals surface area contributed by atoms with Gasteiger partial charge in [0.05, 0.1) is 6.04 Å². The van der Waals surface area contributed by atoms with E-state index in [1.807, 2.05) is 4.68 Å². The van der Waals surface area contributed by atoms with Crippen molar-refractivity contribution in [3.05, 3.63) is 11.8 Å². The van der Waals surface area contributed by atoms with Gasteiger partial charge in [-0.3, -0.25) is 4.79 Å². The van der Waals surface area contributed by atoms with Gasteiger partial charge in [-0.2, -0.15) is 5.10 Å². The number of hydrogen-bond donors (Lipinski definition) is 2. The maximum absolute atomic E-state index is 11.2. The number of nitrogens with two attached hydrogens (primary N) is 1. The smallest absolute Gasteiger partial charge is 0.269 e. The van der Waals surface area contributed by atoms with E-state index in [0.717, 1.165) is 24.7 Å². The SMILES string of the molecule is NC(=O)c1cc2n(n1)C(C1CCCC1)CCN2. The van der Waals surface area contributed by atoms with Crippen LogP contribution in [0, 0.1) is 5.92 Å². The Morgan fingerprint density at radius 3 is 2.88 bits per heavy atom. The average molecular weight is 234 g/mol. The lowest BCUT2D eigenvalue weighted by Crippen LogP contribution is -2.28. The minimum Gasteiger partial charge on any atom is -0.370 e. The molecule has 92 valence electrons. The summed E-state index contributed by atoms with van der Waals surface area (Å²) in [4.78, 5) is 11.2. The number of nitrogens with zero attached hydrogens (tertiary/aromatic N) is 2. The van der Waals surface area contributed by atoms with Gasteiger partial charge in [-0.15, -0.1) is 0 Å². The molecule has 2 aliphatic rings. The molecule has 0 saturated heterocycles. The number of anilines is 1. The summed E-state index contributed by atoms with van der Waals surface area (Å²) in [6.07, 6.45) is 6.32. The van der Waals surface area contributed by atoms with Crippen LogP contribution < -0.4 is 11.1 Å². The van der Waals surface area contributed by atoms with E-state index in [-0.39, 0.29) is 0 Å². The molecule has 1 saturated carbocycles. The maximum Gasteiger partial charge on any atom is 0.269 e. The van der Waals surface area contributed by atoms with Gasteiger partial charge in [-0.05, 0) is 25.2 Å². The molecule has 5 heteroatoms. The highest BCUT2D eigenvalue weighted by atomic mass is 16.1. The number of rotatable bonds is 2.